The molecule has 30 heavy (non-hydrogen) atoms. The van der Waals surface area contributed by atoms with Gasteiger partial charge in [-0.2, -0.15) is 0 Å². The zero-order valence-electron chi connectivity index (χ0n) is 16.9. The number of thiocarbonyl (C=S) groups is 1. The molecule has 0 unspecified atom stereocenters. The summed E-state index contributed by atoms with van der Waals surface area (Å²) >= 11 is 11.6. The Kier molecular flexibility index (Phi) is 6.22. The van der Waals surface area contributed by atoms with Crippen molar-refractivity contribution in [3.63, 3.8) is 0 Å². The van der Waals surface area contributed by atoms with Crippen LogP contribution in [0.1, 0.15) is 23.4 Å². The molecule has 3 aromatic rings. The number of hydrogen-bond donors (Lipinski definition) is 3. The van der Waals surface area contributed by atoms with Crippen molar-refractivity contribution < 1.29 is 0 Å². The second-order valence-corrected chi connectivity index (χ2v) is 8.18. The Hall–Kier alpha value is -2.61. The van der Waals surface area contributed by atoms with E-state index in [0.29, 0.717) is 17.4 Å². The van der Waals surface area contributed by atoms with Crippen LogP contribution in [0, 0.1) is 6.92 Å². The Balaban J connectivity index is 1.62. The zero-order chi connectivity index (χ0) is 21.1. The van der Waals surface area contributed by atoms with Gasteiger partial charge in [-0.25, -0.2) is 9.97 Å². The third-order valence-corrected chi connectivity index (χ3v) is 5.46. The van der Waals surface area contributed by atoms with Crippen LogP contribution in [0.15, 0.2) is 36.5 Å². The first-order chi connectivity index (χ1) is 14.5. The number of nitrogens with zero attached hydrogens (tertiary/aromatic N) is 3. The van der Waals surface area contributed by atoms with Crippen LogP contribution >= 0.6 is 23.8 Å². The van der Waals surface area contributed by atoms with Crippen LogP contribution in [-0.4, -0.2) is 33.5 Å². The topological polar surface area (TPSA) is 74.8 Å². The molecule has 2 aromatic heterocycles. The lowest BCUT2D eigenvalue weighted by molar-refractivity contribution is 0.714. The van der Waals surface area contributed by atoms with Gasteiger partial charge in [-0.05, 0) is 63.7 Å². The molecule has 1 aliphatic rings. The van der Waals surface area contributed by atoms with Crippen LogP contribution in [-0.2, 0) is 12.8 Å². The number of nitrogens with one attached hydrogen (secondary N) is 3. The lowest BCUT2D eigenvalue weighted by atomic mass is 10.1. The lowest BCUT2D eigenvalue weighted by Crippen LogP contribution is -2.10. The van der Waals surface area contributed by atoms with Gasteiger partial charge in [0.05, 0.1) is 22.1 Å². The molecule has 4 rings (SSSR count). The van der Waals surface area contributed by atoms with Crippen LogP contribution < -0.4 is 16.0 Å². The normalized spacial score (nSPS) is 12.6. The maximum atomic E-state index is 6.17. The minimum Gasteiger partial charge on any atom is -0.349 e. The molecule has 0 spiro atoms. The van der Waals surface area contributed by atoms with Crippen LogP contribution in [0.2, 0.25) is 5.02 Å². The third-order valence-electron chi connectivity index (χ3n) is 4.98. The second-order valence-electron chi connectivity index (χ2n) is 7.25. The van der Waals surface area contributed by atoms with Gasteiger partial charge < -0.3 is 16.0 Å². The highest BCUT2D eigenvalue weighted by Gasteiger charge is 2.20. The molecule has 0 amide bonds. The van der Waals surface area contributed by atoms with Crippen LogP contribution in [0.4, 0.5) is 17.3 Å². The molecule has 3 heterocycles. The minimum atomic E-state index is 0.523. The summed E-state index contributed by atoms with van der Waals surface area (Å²) in [7, 11) is 1.96. The number of halogens is 1. The van der Waals surface area contributed by atoms with E-state index in [-0.39, 0.29) is 0 Å². The van der Waals surface area contributed by atoms with Gasteiger partial charge in [0.1, 0.15) is 0 Å². The molecule has 8 heteroatoms. The molecule has 0 fully saturated rings. The largest absolute Gasteiger partial charge is 0.349 e. The van der Waals surface area contributed by atoms with Gasteiger partial charge in [0, 0.05) is 40.1 Å². The predicted molar refractivity (Wildman–Crippen MR) is 127 cm³/mol. The Morgan fingerprint density at radius 3 is 2.87 bits per heavy atom. The number of pyridine rings is 1. The van der Waals surface area contributed by atoms with E-state index in [2.05, 4.69) is 20.9 Å². The molecule has 1 aliphatic heterocycles. The smallest absolute Gasteiger partial charge is 0.227 e. The number of rotatable bonds is 6. The molecule has 0 aliphatic carbocycles. The molecule has 0 saturated carbocycles. The first-order valence-corrected chi connectivity index (χ1v) is 10.7. The number of hydrogen-bond acceptors (Lipinski definition) is 6. The summed E-state index contributed by atoms with van der Waals surface area (Å²) in [6, 6.07) is 9.77. The van der Waals surface area contributed by atoms with Crippen molar-refractivity contribution in [3.05, 3.63) is 58.5 Å². The number of aryl methyl sites for hydroxylation is 2. The minimum absolute atomic E-state index is 0.523. The van der Waals surface area contributed by atoms with E-state index in [4.69, 9.17) is 33.8 Å². The monoisotopic (exact) mass is 438 g/mol. The van der Waals surface area contributed by atoms with Gasteiger partial charge in [0.2, 0.25) is 5.95 Å². The first-order valence-electron chi connectivity index (χ1n) is 9.87. The van der Waals surface area contributed by atoms with E-state index in [1.807, 2.05) is 50.5 Å². The average molecular weight is 439 g/mol. The van der Waals surface area contributed by atoms with E-state index in [0.717, 1.165) is 64.0 Å². The molecule has 154 valence electrons. The van der Waals surface area contributed by atoms with E-state index >= 15 is 0 Å². The number of benzene rings is 1. The van der Waals surface area contributed by atoms with Crippen molar-refractivity contribution in [2.75, 3.05) is 24.2 Å². The molecular formula is C22H23ClN6S. The van der Waals surface area contributed by atoms with E-state index in [1.54, 1.807) is 0 Å². The van der Waals surface area contributed by atoms with E-state index in [1.165, 1.54) is 0 Å². The van der Waals surface area contributed by atoms with E-state index < -0.39 is 0 Å². The highest BCUT2D eigenvalue weighted by Crippen LogP contribution is 2.35. The van der Waals surface area contributed by atoms with Crippen LogP contribution in [0.3, 0.4) is 0 Å². The standard InChI is InChI=1S/C22H23ClN6S/c1-13-18(8-6-16(26-13)4-3-9-24-2)28-22-25-12-14-10-20(30)27-19-11-15(23)5-7-17(19)21(14)29-22/h5-8,11-12,24H,3-4,9-10H2,1-2H3,(H,27,30)(H,25,28,29). The lowest BCUT2D eigenvalue weighted by Gasteiger charge is -2.12. The summed E-state index contributed by atoms with van der Waals surface area (Å²) in [5.74, 6) is 0.523. The number of fused-ring (bicyclic) bond motifs is 3. The summed E-state index contributed by atoms with van der Waals surface area (Å²) in [4.78, 5) is 14.7. The van der Waals surface area contributed by atoms with Crippen molar-refractivity contribution >= 4 is 46.1 Å². The van der Waals surface area contributed by atoms with Crippen molar-refractivity contribution in [2.24, 2.45) is 0 Å². The number of aromatic nitrogens is 3. The highest BCUT2D eigenvalue weighted by atomic mass is 35.5. The molecular weight excluding hydrogens is 416 g/mol. The van der Waals surface area contributed by atoms with Gasteiger partial charge in [0.25, 0.3) is 0 Å². The zero-order valence-corrected chi connectivity index (χ0v) is 18.5. The Bertz CT molecular complexity index is 1100. The second kappa shape index (κ2) is 9.04. The molecule has 0 radical (unpaired) electrons. The molecule has 0 atom stereocenters. The Labute approximate surface area is 186 Å². The van der Waals surface area contributed by atoms with Crippen molar-refractivity contribution in [1.29, 1.82) is 0 Å². The summed E-state index contributed by atoms with van der Waals surface area (Å²) in [5.41, 5.74) is 6.54. The summed E-state index contributed by atoms with van der Waals surface area (Å²) in [6.07, 6.45) is 4.42. The van der Waals surface area contributed by atoms with Gasteiger partial charge in [-0.3, -0.25) is 4.98 Å². The predicted octanol–water partition coefficient (Wildman–Crippen LogP) is 4.69. The summed E-state index contributed by atoms with van der Waals surface area (Å²) < 4.78 is 0. The Morgan fingerprint density at radius 1 is 1.20 bits per heavy atom. The molecule has 6 nitrogen and oxygen atoms in total. The fraction of sp³-hybridized carbons (Fsp3) is 0.273. The highest BCUT2D eigenvalue weighted by molar-refractivity contribution is 7.80. The molecule has 0 saturated heterocycles. The quantitative estimate of drug-likeness (QED) is 0.380. The Morgan fingerprint density at radius 2 is 2.07 bits per heavy atom. The fourth-order valence-corrected chi connectivity index (χ4v) is 3.91. The van der Waals surface area contributed by atoms with E-state index in [9.17, 15) is 0 Å². The molecule has 3 N–H and O–H groups in total. The first kappa shape index (κ1) is 20.7. The van der Waals surface area contributed by atoms with Crippen LogP contribution in [0.5, 0.6) is 0 Å². The molecule has 0 bridgehead atoms. The van der Waals surface area contributed by atoms with Crippen molar-refractivity contribution in [1.82, 2.24) is 20.3 Å². The van der Waals surface area contributed by atoms with Crippen molar-refractivity contribution in [2.45, 2.75) is 26.2 Å². The van der Waals surface area contributed by atoms with Gasteiger partial charge in [0.15, 0.2) is 0 Å². The maximum Gasteiger partial charge on any atom is 0.227 e. The number of anilines is 3. The third kappa shape index (κ3) is 4.59. The SMILES string of the molecule is CNCCCc1ccc(Nc2ncc3c(n2)-c2ccc(Cl)cc2NC(=S)C3)c(C)n1. The van der Waals surface area contributed by atoms with Gasteiger partial charge >= 0.3 is 0 Å². The van der Waals surface area contributed by atoms with Crippen LogP contribution in [0.25, 0.3) is 11.3 Å². The van der Waals surface area contributed by atoms with Crippen molar-refractivity contribution in [3.8, 4) is 11.3 Å². The molecule has 1 aromatic carbocycles. The summed E-state index contributed by atoms with van der Waals surface area (Å²) in [6.45, 7) is 2.97. The average Bonchev–Trinajstić information content (AvgIpc) is 2.84. The fourth-order valence-electron chi connectivity index (χ4n) is 3.47. The maximum absolute atomic E-state index is 6.17. The van der Waals surface area contributed by atoms with Gasteiger partial charge in [-0.1, -0.05) is 23.8 Å². The van der Waals surface area contributed by atoms with Gasteiger partial charge in [-0.15, -0.1) is 0 Å². The summed E-state index contributed by atoms with van der Waals surface area (Å²) in [5, 5.41) is 10.4.